The van der Waals surface area contributed by atoms with Gasteiger partial charge in [-0.05, 0) is 20.9 Å². The fourth-order valence-electron chi connectivity index (χ4n) is 2.27. The van der Waals surface area contributed by atoms with Gasteiger partial charge >= 0.3 is 0 Å². The molecule has 4 nitrogen and oxygen atoms in total. The molecule has 1 fully saturated rings. The van der Waals surface area contributed by atoms with Crippen LogP contribution >= 0.6 is 0 Å². The lowest BCUT2D eigenvalue weighted by Crippen LogP contribution is -2.44. The topological polar surface area (TPSA) is 24.3 Å². The molecule has 0 aromatic carbocycles. The average Bonchev–Trinajstić information content (AvgIpc) is 2.63. The summed E-state index contributed by atoms with van der Waals surface area (Å²) in [7, 11) is 2.19. The van der Waals surface area contributed by atoms with Gasteiger partial charge in [0.05, 0.1) is 6.54 Å². The molecule has 4 heteroatoms. The lowest BCUT2D eigenvalue weighted by Gasteiger charge is -2.32. The van der Waals surface area contributed by atoms with Crippen molar-refractivity contribution in [3.05, 3.63) is 17.7 Å². The first-order valence-electron chi connectivity index (χ1n) is 6.12. The maximum absolute atomic E-state index is 4.51. The van der Waals surface area contributed by atoms with Crippen molar-refractivity contribution in [3.8, 4) is 0 Å². The number of hydrogen-bond donors (Lipinski definition) is 0. The van der Waals surface area contributed by atoms with Gasteiger partial charge in [0.15, 0.2) is 0 Å². The Morgan fingerprint density at radius 3 is 2.56 bits per heavy atom. The van der Waals surface area contributed by atoms with Crippen molar-refractivity contribution in [1.29, 1.82) is 0 Å². The number of imidazole rings is 1. The average molecular weight is 222 g/mol. The minimum atomic E-state index is 0.996. The number of hydrogen-bond acceptors (Lipinski definition) is 3. The van der Waals surface area contributed by atoms with Crippen molar-refractivity contribution in [2.75, 3.05) is 33.2 Å². The zero-order chi connectivity index (χ0) is 11.5. The second-order valence-corrected chi connectivity index (χ2v) is 4.64. The molecule has 0 radical (unpaired) electrons. The Bertz CT molecular complexity index is 337. The highest BCUT2D eigenvalue weighted by Gasteiger charge is 2.16. The van der Waals surface area contributed by atoms with Gasteiger partial charge in [-0.2, -0.15) is 0 Å². The molecule has 0 bridgehead atoms. The lowest BCUT2D eigenvalue weighted by atomic mass is 10.3. The van der Waals surface area contributed by atoms with Gasteiger partial charge in [0.25, 0.3) is 0 Å². The van der Waals surface area contributed by atoms with Gasteiger partial charge in [0, 0.05) is 44.6 Å². The van der Waals surface area contributed by atoms with Crippen LogP contribution in [0.25, 0.3) is 0 Å². The maximum Gasteiger partial charge on any atom is 0.123 e. The van der Waals surface area contributed by atoms with E-state index in [9.17, 15) is 0 Å². The maximum atomic E-state index is 4.51. The minimum Gasteiger partial charge on any atom is -0.332 e. The van der Waals surface area contributed by atoms with Crippen molar-refractivity contribution in [2.24, 2.45) is 0 Å². The van der Waals surface area contributed by atoms with E-state index in [1.807, 2.05) is 6.20 Å². The molecule has 1 aliphatic rings. The van der Waals surface area contributed by atoms with E-state index >= 15 is 0 Å². The molecule has 1 saturated heterocycles. The van der Waals surface area contributed by atoms with Gasteiger partial charge in [0.2, 0.25) is 0 Å². The zero-order valence-corrected chi connectivity index (χ0v) is 10.6. The first-order valence-corrected chi connectivity index (χ1v) is 6.12. The van der Waals surface area contributed by atoms with Crippen LogP contribution in [-0.2, 0) is 13.1 Å². The highest BCUT2D eigenvalue weighted by molar-refractivity contribution is 5.03. The summed E-state index contributed by atoms with van der Waals surface area (Å²) in [4.78, 5) is 9.38. The first kappa shape index (κ1) is 11.6. The highest BCUT2D eigenvalue weighted by Crippen LogP contribution is 2.09. The second-order valence-electron chi connectivity index (χ2n) is 4.64. The molecule has 1 aromatic rings. The molecule has 0 amide bonds. The summed E-state index contributed by atoms with van der Waals surface area (Å²) in [5, 5.41) is 0. The molecule has 0 atom stereocenters. The molecule has 2 rings (SSSR count). The van der Waals surface area contributed by atoms with Gasteiger partial charge in [0.1, 0.15) is 5.82 Å². The van der Waals surface area contributed by atoms with Gasteiger partial charge < -0.3 is 9.47 Å². The van der Waals surface area contributed by atoms with E-state index < -0.39 is 0 Å². The molecule has 0 unspecified atom stereocenters. The summed E-state index contributed by atoms with van der Waals surface area (Å²) >= 11 is 0. The zero-order valence-electron chi connectivity index (χ0n) is 10.6. The van der Waals surface area contributed by atoms with Crippen LogP contribution in [0.3, 0.4) is 0 Å². The molecule has 0 aliphatic carbocycles. The predicted octanol–water partition coefficient (Wildman–Crippen LogP) is 0.959. The fourth-order valence-corrected chi connectivity index (χ4v) is 2.27. The summed E-state index contributed by atoms with van der Waals surface area (Å²) in [6.07, 6.45) is 1.98. The third-order valence-corrected chi connectivity index (χ3v) is 3.41. The smallest absolute Gasteiger partial charge is 0.123 e. The third kappa shape index (κ3) is 2.44. The normalized spacial score (nSPS) is 19.2. The van der Waals surface area contributed by atoms with Crippen LogP contribution < -0.4 is 0 Å². The Morgan fingerprint density at radius 2 is 1.94 bits per heavy atom. The Kier molecular flexibility index (Phi) is 3.61. The molecule has 1 aliphatic heterocycles. The Hall–Kier alpha value is -0.870. The van der Waals surface area contributed by atoms with Crippen molar-refractivity contribution < 1.29 is 0 Å². The van der Waals surface area contributed by atoms with Crippen LogP contribution in [0.15, 0.2) is 6.20 Å². The molecule has 2 heterocycles. The molecule has 0 spiro atoms. The molecule has 90 valence electrons. The van der Waals surface area contributed by atoms with E-state index in [0.717, 1.165) is 26.2 Å². The van der Waals surface area contributed by atoms with E-state index in [1.165, 1.54) is 24.6 Å². The molecule has 0 N–H and O–H groups in total. The van der Waals surface area contributed by atoms with Crippen LogP contribution in [0.5, 0.6) is 0 Å². The molecule has 1 aromatic heterocycles. The summed E-state index contributed by atoms with van der Waals surface area (Å²) in [5.41, 5.74) is 1.27. The number of likely N-dealkylation sites (N-methyl/N-ethyl adjacent to an activating group) is 1. The van der Waals surface area contributed by atoms with E-state index in [4.69, 9.17) is 0 Å². The Morgan fingerprint density at radius 1 is 1.25 bits per heavy atom. The number of nitrogens with zero attached hydrogens (tertiary/aromatic N) is 4. The van der Waals surface area contributed by atoms with Gasteiger partial charge in [-0.25, -0.2) is 4.98 Å². The SMILES string of the molecule is CCn1c(C)cnc1CN1CCN(C)CC1. The number of aromatic nitrogens is 2. The Balaban J connectivity index is 1.98. The molecular weight excluding hydrogens is 200 g/mol. The van der Waals surface area contributed by atoms with Crippen LogP contribution in [-0.4, -0.2) is 52.6 Å². The predicted molar refractivity (Wildman–Crippen MR) is 65.4 cm³/mol. The monoisotopic (exact) mass is 222 g/mol. The van der Waals surface area contributed by atoms with Crippen LogP contribution in [0, 0.1) is 6.92 Å². The van der Waals surface area contributed by atoms with Gasteiger partial charge in [-0.3, -0.25) is 4.90 Å². The third-order valence-electron chi connectivity index (χ3n) is 3.41. The number of rotatable bonds is 3. The fraction of sp³-hybridized carbons (Fsp3) is 0.750. The second kappa shape index (κ2) is 4.97. The van der Waals surface area contributed by atoms with Crippen molar-refractivity contribution >= 4 is 0 Å². The van der Waals surface area contributed by atoms with Gasteiger partial charge in [-0.15, -0.1) is 0 Å². The molecule has 16 heavy (non-hydrogen) atoms. The molecule has 0 saturated carbocycles. The minimum absolute atomic E-state index is 0.996. The number of piperazine rings is 1. The van der Waals surface area contributed by atoms with Crippen LogP contribution in [0.2, 0.25) is 0 Å². The lowest BCUT2D eigenvalue weighted by molar-refractivity contribution is 0.144. The Labute approximate surface area is 97.9 Å². The van der Waals surface area contributed by atoms with Crippen LogP contribution in [0.1, 0.15) is 18.4 Å². The first-order chi connectivity index (χ1) is 7.70. The van der Waals surface area contributed by atoms with Crippen molar-refractivity contribution in [3.63, 3.8) is 0 Å². The van der Waals surface area contributed by atoms with E-state index in [0.29, 0.717) is 0 Å². The molecular formula is C12H22N4. The van der Waals surface area contributed by atoms with Crippen LogP contribution in [0.4, 0.5) is 0 Å². The van der Waals surface area contributed by atoms with E-state index in [1.54, 1.807) is 0 Å². The highest BCUT2D eigenvalue weighted by atomic mass is 15.3. The van der Waals surface area contributed by atoms with E-state index in [-0.39, 0.29) is 0 Å². The number of aryl methyl sites for hydroxylation is 1. The summed E-state index contributed by atoms with van der Waals surface area (Å²) in [6.45, 7) is 11.0. The van der Waals surface area contributed by atoms with Crippen molar-refractivity contribution in [2.45, 2.75) is 26.9 Å². The summed E-state index contributed by atoms with van der Waals surface area (Å²) in [5.74, 6) is 1.21. The summed E-state index contributed by atoms with van der Waals surface area (Å²) in [6, 6.07) is 0. The largest absolute Gasteiger partial charge is 0.332 e. The summed E-state index contributed by atoms with van der Waals surface area (Å²) < 4.78 is 2.30. The quantitative estimate of drug-likeness (QED) is 0.761. The van der Waals surface area contributed by atoms with E-state index in [2.05, 4.69) is 40.2 Å². The van der Waals surface area contributed by atoms with Crippen molar-refractivity contribution in [1.82, 2.24) is 19.4 Å². The van der Waals surface area contributed by atoms with Gasteiger partial charge in [-0.1, -0.05) is 0 Å². The standard InChI is InChI=1S/C12H22N4/c1-4-16-11(2)9-13-12(16)10-15-7-5-14(3)6-8-15/h9H,4-8,10H2,1-3H3.